The summed E-state index contributed by atoms with van der Waals surface area (Å²) in [5.74, 6) is 0.0463. The van der Waals surface area contributed by atoms with E-state index in [1.54, 1.807) is 19.1 Å². The van der Waals surface area contributed by atoms with Gasteiger partial charge in [0.25, 0.3) is 0 Å². The molecule has 2 aromatic rings. The van der Waals surface area contributed by atoms with Crippen molar-refractivity contribution in [3.05, 3.63) is 59.7 Å². The van der Waals surface area contributed by atoms with E-state index in [2.05, 4.69) is 10.0 Å². The summed E-state index contributed by atoms with van der Waals surface area (Å²) >= 11 is 0. The van der Waals surface area contributed by atoms with Crippen LogP contribution < -0.4 is 10.0 Å². The van der Waals surface area contributed by atoms with E-state index >= 15 is 0 Å². The van der Waals surface area contributed by atoms with Crippen molar-refractivity contribution in [2.24, 2.45) is 0 Å². The van der Waals surface area contributed by atoms with Gasteiger partial charge in [0.15, 0.2) is 0 Å². The van der Waals surface area contributed by atoms with E-state index in [0.717, 1.165) is 16.8 Å². The van der Waals surface area contributed by atoms with Crippen LogP contribution in [0.5, 0.6) is 0 Å². The molecule has 0 amide bonds. The van der Waals surface area contributed by atoms with Gasteiger partial charge in [0, 0.05) is 23.0 Å². The monoisotopic (exact) mass is 334 g/mol. The first-order chi connectivity index (χ1) is 10.9. The summed E-state index contributed by atoms with van der Waals surface area (Å²) in [7, 11) is -3.26. The third-order valence-electron chi connectivity index (χ3n) is 3.62. The van der Waals surface area contributed by atoms with Crippen molar-refractivity contribution in [1.82, 2.24) is 0 Å². The molecule has 0 saturated heterocycles. The quantitative estimate of drug-likeness (QED) is 0.727. The Hall–Kier alpha value is -2.05. The zero-order chi connectivity index (χ0) is 16.9. The summed E-state index contributed by atoms with van der Waals surface area (Å²) in [4.78, 5) is 0. The van der Waals surface area contributed by atoms with Crippen LogP contribution in [0.15, 0.2) is 48.5 Å². The highest BCUT2D eigenvalue weighted by Gasteiger charge is 2.10. The molecule has 0 saturated carbocycles. The maximum atomic E-state index is 11.6. The Kier molecular flexibility index (Phi) is 5.63. The third kappa shape index (κ3) is 4.71. The number of hydrogen-bond donors (Lipinski definition) is 3. The Balaban J connectivity index is 2.10. The molecule has 0 radical (unpaired) electrons. The van der Waals surface area contributed by atoms with Crippen molar-refractivity contribution in [2.45, 2.75) is 26.5 Å². The number of anilines is 2. The van der Waals surface area contributed by atoms with Gasteiger partial charge in [-0.2, -0.15) is 0 Å². The normalized spacial score (nSPS) is 12.7. The molecule has 2 aromatic carbocycles. The molecule has 0 aliphatic rings. The van der Waals surface area contributed by atoms with Crippen LogP contribution in [0.1, 0.15) is 31.0 Å². The minimum atomic E-state index is -3.26. The second-order valence-electron chi connectivity index (χ2n) is 5.31. The summed E-state index contributed by atoms with van der Waals surface area (Å²) < 4.78 is 25.6. The number of para-hydroxylation sites is 1. The zero-order valence-electron chi connectivity index (χ0n) is 13.3. The lowest BCUT2D eigenvalue weighted by atomic mass is 10.1. The number of aliphatic hydroxyl groups is 1. The van der Waals surface area contributed by atoms with Crippen molar-refractivity contribution < 1.29 is 13.5 Å². The Morgan fingerprint density at radius 3 is 2.35 bits per heavy atom. The lowest BCUT2D eigenvalue weighted by Gasteiger charge is -2.18. The van der Waals surface area contributed by atoms with E-state index < -0.39 is 10.0 Å². The Bertz CT molecular complexity index is 743. The molecule has 2 rings (SSSR count). The van der Waals surface area contributed by atoms with Crippen molar-refractivity contribution >= 4 is 21.4 Å². The lowest BCUT2D eigenvalue weighted by Crippen LogP contribution is -2.14. The van der Waals surface area contributed by atoms with Gasteiger partial charge in [-0.25, -0.2) is 8.42 Å². The van der Waals surface area contributed by atoms with Crippen LogP contribution in [0.3, 0.4) is 0 Å². The van der Waals surface area contributed by atoms with Crippen LogP contribution in [0.25, 0.3) is 0 Å². The Morgan fingerprint density at radius 2 is 1.74 bits per heavy atom. The topological polar surface area (TPSA) is 78.4 Å². The first kappa shape index (κ1) is 17.3. The maximum absolute atomic E-state index is 11.6. The first-order valence-electron chi connectivity index (χ1n) is 7.51. The zero-order valence-corrected chi connectivity index (χ0v) is 14.1. The number of nitrogens with one attached hydrogen (secondary N) is 2. The minimum Gasteiger partial charge on any atom is -0.392 e. The molecule has 0 aromatic heterocycles. The van der Waals surface area contributed by atoms with E-state index in [4.69, 9.17) is 0 Å². The van der Waals surface area contributed by atoms with E-state index in [1.807, 2.05) is 43.3 Å². The highest BCUT2D eigenvalue weighted by Crippen LogP contribution is 2.23. The van der Waals surface area contributed by atoms with Gasteiger partial charge in [-0.3, -0.25) is 4.72 Å². The largest absolute Gasteiger partial charge is 0.392 e. The number of sulfonamides is 1. The average molecular weight is 334 g/mol. The second-order valence-corrected chi connectivity index (χ2v) is 7.32. The molecule has 0 aliphatic carbocycles. The van der Waals surface area contributed by atoms with E-state index in [-0.39, 0.29) is 18.4 Å². The molecule has 0 fully saturated rings. The van der Waals surface area contributed by atoms with Gasteiger partial charge in [0.05, 0.1) is 12.4 Å². The molecule has 1 unspecified atom stereocenters. The molecule has 3 N–H and O–H groups in total. The molecule has 23 heavy (non-hydrogen) atoms. The minimum absolute atomic E-state index is 0.0202. The van der Waals surface area contributed by atoms with Crippen LogP contribution in [-0.2, 0) is 16.6 Å². The van der Waals surface area contributed by atoms with Gasteiger partial charge in [0.2, 0.25) is 10.0 Å². The van der Waals surface area contributed by atoms with Crippen LogP contribution in [0.4, 0.5) is 11.4 Å². The summed E-state index contributed by atoms with van der Waals surface area (Å²) in [6, 6.07) is 14.9. The highest BCUT2D eigenvalue weighted by atomic mass is 32.2. The molecule has 124 valence electrons. The number of hydrogen-bond acceptors (Lipinski definition) is 4. The average Bonchev–Trinajstić information content (AvgIpc) is 2.55. The van der Waals surface area contributed by atoms with E-state index in [9.17, 15) is 13.5 Å². The van der Waals surface area contributed by atoms with Gasteiger partial charge in [0.1, 0.15) is 0 Å². The van der Waals surface area contributed by atoms with Gasteiger partial charge in [-0.1, -0.05) is 30.3 Å². The standard InChI is InChI=1S/C17H22N2O3S/c1-3-23(21,22)19-16-10-8-14(9-11-16)13(2)18-17-7-5-4-6-15(17)12-20/h4-11,13,18-20H,3,12H2,1-2H3. The predicted molar refractivity (Wildman–Crippen MR) is 93.9 cm³/mol. The second kappa shape index (κ2) is 7.48. The van der Waals surface area contributed by atoms with Crippen molar-refractivity contribution in [3.63, 3.8) is 0 Å². The van der Waals surface area contributed by atoms with Crippen LogP contribution in [-0.4, -0.2) is 19.3 Å². The molecule has 6 heteroatoms. The smallest absolute Gasteiger partial charge is 0.232 e. The molecule has 1 atom stereocenters. The fraction of sp³-hybridized carbons (Fsp3) is 0.294. The molecule has 0 bridgehead atoms. The van der Waals surface area contributed by atoms with E-state index in [0.29, 0.717) is 5.69 Å². The third-order valence-corrected chi connectivity index (χ3v) is 4.93. The number of rotatable bonds is 7. The SMILES string of the molecule is CCS(=O)(=O)Nc1ccc(C(C)Nc2ccccc2CO)cc1. The van der Waals surface area contributed by atoms with Gasteiger partial charge < -0.3 is 10.4 Å². The fourth-order valence-corrected chi connectivity index (χ4v) is 2.85. The Labute approximate surface area is 137 Å². The first-order valence-corrected chi connectivity index (χ1v) is 9.16. The van der Waals surface area contributed by atoms with Crippen molar-refractivity contribution in [1.29, 1.82) is 0 Å². The number of aliphatic hydroxyl groups excluding tert-OH is 1. The molecule has 5 nitrogen and oxygen atoms in total. The lowest BCUT2D eigenvalue weighted by molar-refractivity contribution is 0.282. The van der Waals surface area contributed by atoms with E-state index in [1.165, 1.54) is 0 Å². The molecule has 0 spiro atoms. The molecule has 0 heterocycles. The predicted octanol–water partition coefficient (Wildman–Crippen LogP) is 3.11. The Morgan fingerprint density at radius 1 is 1.09 bits per heavy atom. The molecule has 0 aliphatic heterocycles. The highest BCUT2D eigenvalue weighted by molar-refractivity contribution is 7.92. The van der Waals surface area contributed by atoms with Crippen molar-refractivity contribution in [3.8, 4) is 0 Å². The van der Waals surface area contributed by atoms with Crippen LogP contribution >= 0.6 is 0 Å². The summed E-state index contributed by atoms with van der Waals surface area (Å²) in [6.45, 7) is 3.59. The van der Waals surface area contributed by atoms with Crippen LogP contribution in [0.2, 0.25) is 0 Å². The fourth-order valence-electron chi connectivity index (χ4n) is 2.21. The maximum Gasteiger partial charge on any atom is 0.232 e. The van der Waals surface area contributed by atoms with Crippen LogP contribution in [0, 0.1) is 0 Å². The summed E-state index contributed by atoms with van der Waals surface area (Å²) in [5, 5.41) is 12.7. The summed E-state index contributed by atoms with van der Waals surface area (Å²) in [5.41, 5.74) is 3.31. The number of benzene rings is 2. The summed E-state index contributed by atoms with van der Waals surface area (Å²) in [6.07, 6.45) is 0. The van der Waals surface area contributed by atoms with Crippen molar-refractivity contribution in [2.75, 3.05) is 15.8 Å². The van der Waals surface area contributed by atoms with Gasteiger partial charge in [-0.15, -0.1) is 0 Å². The van der Waals surface area contributed by atoms with Gasteiger partial charge in [-0.05, 0) is 37.6 Å². The van der Waals surface area contributed by atoms with Gasteiger partial charge >= 0.3 is 0 Å². The molecular weight excluding hydrogens is 312 g/mol. The molecular formula is C17H22N2O3S.